The quantitative estimate of drug-likeness (QED) is 0.766. The number of hydrogen-bond donors (Lipinski definition) is 0. The smallest absolute Gasteiger partial charge is 0.0347 e. The first-order valence-corrected chi connectivity index (χ1v) is 5.72. The van der Waals surface area contributed by atoms with Gasteiger partial charge in [0.2, 0.25) is 0 Å². The predicted octanol–water partition coefficient (Wildman–Crippen LogP) is 4.27. The molecule has 14 heavy (non-hydrogen) atoms. The van der Waals surface area contributed by atoms with Crippen LogP contribution in [0.15, 0.2) is 51.7 Å². The molecule has 2 rings (SSSR count). The Labute approximate surface area is 99.4 Å². The maximum absolute atomic E-state index is 4.10. The Hall–Kier alpha value is -0.670. The van der Waals surface area contributed by atoms with E-state index < -0.39 is 0 Å². The lowest BCUT2D eigenvalue weighted by atomic mass is 10.1. The largest absolute Gasteiger partial charge is 0.264 e. The maximum atomic E-state index is 4.10. The molecule has 0 fully saturated rings. The molecule has 0 unspecified atom stereocenters. The van der Waals surface area contributed by atoms with Gasteiger partial charge in [-0.1, -0.05) is 44.0 Å². The van der Waals surface area contributed by atoms with Gasteiger partial charge in [-0.05, 0) is 18.2 Å². The zero-order valence-electron chi connectivity index (χ0n) is 7.24. The average Bonchev–Trinajstić information content (AvgIpc) is 2.19. The van der Waals surface area contributed by atoms with Crippen LogP contribution in [0.3, 0.4) is 0 Å². The molecule has 1 aromatic heterocycles. The highest BCUT2D eigenvalue weighted by molar-refractivity contribution is 9.11. The molecule has 0 saturated heterocycles. The molecule has 1 heterocycles. The van der Waals surface area contributed by atoms with E-state index in [2.05, 4.69) is 36.8 Å². The Morgan fingerprint density at radius 2 is 1.64 bits per heavy atom. The molecule has 70 valence electrons. The first-order valence-electron chi connectivity index (χ1n) is 4.13. The van der Waals surface area contributed by atoms with Gasteiger partial charge in [0.1, 0.15) is 0 Å². The van der Waals surface area contributed by atoms with Crippen LogP contribution in [-0.4, -0.2) is 4.98 Å². The third-order valence-corrected chi connectivity index (χ3v) is 3.23. The number of aromatic nitrogens is 1. The number of hydrogen-bond acceptors (Lipinski definition) is 1. The molecule has 1 aromatic carbocycles. The normalized spacial score (nSPS) is 10.1. The lowest BCUT2D eigenvalue weighted by Crippen LogP contribution is -1.82. The van der Waals surface area contributed by atoms with Gasteiger partial charge in [0.25, 0.3) is 0 Å². The molecule has 0 spiro atoms. The summed E-state index contributed by atoms with van der Waals surface area (Å²) in [5.41, 5.74) is 2.24. The van der Waals surface area contributed by atoms with Gasteiger partial charge >= 0.3 is 0 Å². The van der Waals surface area contributed by atoms with Crippen molar-refractivity contribution in [2.45, 2.75) is 0 Å². The standard InChI is InChI=1S/C11H7Br2N/c12-9-4-1-5-10(13)11(9)8-3-2-6-14-7-8/h1-7H. The van der Waals surface area contributed by atoms with Crippen LogP contribution in [0.5, 0.6) is 0 Å². The fourth-order valence-corrected chi connectivity index (χ4v) is 2.74. The molecule has 0 radical (unpaired) electrons. The SMILES string of the molecule is Brc1cccc(Br)c1-c1cccnc1. The molecular weight excluding hydrogens is 306 g/mol. The zero-order valence-corrected chi connectivity index (χ0v) is 10.4. The van der Waals surface area contributed by atoms with Crippen molar-refractivity contribution in [3.8, 4) is 11.1 Å². The van der Waals surface area contributed by atoms with E-state index in [0.717, 1.165) is 20.1 Å². The van der Waals surface area contributed by atoms with E-state index in [9.17, 15) is 0 Å². The fourth-order valence-electron chi connectivity index (χ4n) is 1.28. The van der Waals surface area contributed by atoms with Crippen LogP contribution in [0.4, 0.5) is 0 Å². The van der Waals surface area contributed by atoms with E-state index in [4.69, 9.17) is 0 Å². The predicted molar refractivity (Wildman–Crippen MR) is 65.1 cm³/mol. The summed E-state index contributed by atoms with van der Waals surface area (Å²) in [6.45, 7) is 0. The van der Waals surface area contributed by atoms with Crippen LogP contribution in [0.2, 0.25) is 0 Å². The van der Waals surface area contributed by atoms with Gasteiger partial charge in [-0.15, -0.1) is 0 Å². The Morgan fingerprint density at radius 1 is 0.929 bits per heavy atom. The van der Waals surface area contributed by atoms with Crippen molar-refractivity contribution in [3.05, 3.63) is 51.7 Å². The molecule has 1 nitrogen and oxygen atoms in total. The summed E-state index contributed by atoms with van der Waals surface area (Å²) in [7, 11) is 0. The summed E-state index contributed by atoms with van der Waals surface area (Å²) in [5.74, 6) is 0. The minimum Gasteiger partial charge on any atom is -0.264 e. The van der Waals surface area contributed by atoms with Crippen molar-refractivity contribution in [2.75, 3.05) is 0 Å². The molecule has 0 bridgehead atoms. The lowest BCUT2D eigenvalue weighted by Gasteiger charge is -2.06. The van der Waals surface area contributed by atoms with Gasteiger partial charge in [0, 0.05) is 32.5 Å². The second-order valence-electron chi connectivity index (χ2n) is 2.84. The molecule has 0 amide bonds. The fraction of sp³-hybridized carbons (Fsp3) is 0. The maximum Gasteiger partial charge on any atom is 0.0347 e. The van der Waals surface area contributed by atoms with Crippen molar-refractivity contribution < 1.29 is 0 Å². The average molecular weight is 313 g/mol. The van der Waals surface area contributed by atoms with Crippen LogP contribution < -0.4 is 0 Å². The van der Waals surface area contributed by atoms with Crippen LogP contribution in [0.1, 0.15) is 0 Å². The van der Waals surface area contributed by atoms with Crippen LogP contribution in [0, 0.1) is 0 Å². The summed E-state index contributed by atoms with van der Waals surface area (Å²) < 4.78 is 2.14. The van der Waals surface area contributed by atoms with Gasteiger partial charge in [-0.3, -0.25) is 4.98 Å². The number of halogens is 2. The second kappa shape index (κ2) is 4.24. The second-order valence-corrected chi connectivity index (χ2v) is 4.55. The van der Waals surface area contributed by atoms with Crippen molar-refractivity contribution in [2.24, 2.45) is 0 Å². The van der Waals surface area contributed by atoms with Crippen molar-refractivity contribution in [3.63, 3.8) is 0 Å². The minimum absolute atomic E-state index is 1.07. The first-order chi connectivity index (χ1) is 6.79. The minimum atomic E-state index is 1.07. The number of pyridine rings is 1. The van der Waals surface area contributed by atoms with Gasteiger partial charge in [-0.2, -0.15) is 0 Å². The van der Waals surface area contributed by atoms with E-state index in [-0.39, 0.29) is 0 Å². The van der Waals surface area contributed by atoms with E-state index in [1.807, 2.05) is 36.5 Å². The number of benzene rings is 1. The van der Waals surface area contributed by atoms with Gasteiger partial charge < -0.3 is 0 Å². The highest BCUT2D eigenvalue weighted by atomic mass is 79.9. The topological polar surface area (TPSA) is 12.9 Å². The molecule has 0 aliphatic carbocycles. The van der Waals surface area contributed by atoms with Crippen molar-refractivity contribution in [1.29, 1.82) is 0 Å². The van der Waals surface area contributed by atoms with Crippen molar-refractivity contribution >= 4 is 31.9 Å². The van der Waals surface area contributed by atoms with Gasteiger partial charge in [0.05, 0.1) is 0 Å². The molecule has 3 heteroatoms. The summed E-state index contributed by atoms with van der Waals surface area (Å²) in [5, 5.41) is 0. The highest BCUT2D eigenvalue weighted by Crippen LogP contribution is 2.34. The third-order valence-electron chi connectivity index (χ3n) is 1.91. The Balaban J connectivity index is 2.63. The molecule has 0 saturated carbocycles. The summed E-state index contributed by atoms with van der Waals surface area (Å²) in [6, 6.07) is 10.0. The van der Waals surface area contributed by atoms with E-state index in [1.54, 1.807) is 6.20 Å². The van der Waals surface area contributed by atoms with Crippen LogP contribution >= 0.6 is 31.9 Å². The Morgan fingerprint density at radius 3 is 2.21 bits per heavy atom. The van der Waals surface area contributed by atoms with E-state index >= 15 is 0 Å². The van der Waals surface area contributed by atoms with Gasteiger partial charge in [-0.25, -0.2) is 0 Å². The van der Waals surface area contributed by atoms with E-state index in [1.165, 1.54) is 0 Å². The van der Waals surface area contributed by atoms with Gasteiger partial charge in [0.15, 0.2) is 0 Å². The number of rotatable bonds is 1. The summed E-state index contributed by atoms with van der Waals surface area (Å²) in [4.78, 5) is 4.10. The number of nitrogens with zero attached hydrogens (tertiary/aromatic N) is 1. The molecule has 2 aromatic rings. The van der Waals surface area contributed by atoms with Crippen LogP contribution in [-0.2, 0) is 0 Å². The molecular formula is C11H7Br2N. The molecule has 0 aliphatic rings. The zero-order chi connectivity index (χ0) is 9.97. The summed E-state index contributed by atoms with van der Waals surface area (Å²) >= 11 is 7.05. The Kier molecular flexibility index (Phi) is 2.99. The monoisotopic (exact) mass is 311 g/mol. The third kappa shape index (κ3) is 1.88. The lowest BCUT2D eigenvalue weighted by molar-refractivity contribution is 1.32. The molecule has 0 aliphatic heterocycles. The Bertz CT molecular complexity index is 420. The highest BCUT2D eigenvalue weighted by Gasteiger charge is 2.06. The molecule has 0 N–H and O–H groups in total. The van der Waals surface area contributed by atoms with Crippen LogP contribution in [0.25, 0.3) is 11.1 Å². The van der Waals surface area contributed by atoms with E-state index in [0.29, 0.717) is 0 Å². The summed E-state index contributed by atoms with van der Waals surface area (Å²) in [6.07, 6.45) is 3.62. The first kappa shape index (κ1) is 9.87. The molecule has 0 atom stereocenters. The van der Waals surface area contributed by atoms with Crippen molar-refractivity contribution in [1.82, 2.24) is 4.98 Å².